The smallest absolute Gasteiger partial charge is 0.259 e. The maximum Gasteiger partial charge on any atom is 0.259 e. The zero-order valence-corrected chi connectivity index (χ0v) is 13.9. The van der Waals surface area contributed by atoms with Gasteiger partial charge in [0.05, 0.1) is 5.39 Å². The van der Waals surface area contributed by atoms with Crippen LogP contribution < -0.4 is 5.56 Å². The van der Waals surface area contributed by atoms with E-state index in [2.05, 4.69) is 29.2 Å². The molecule has 6 heteroatoms. The van der Waals surface area contributed by atoms with Gasteiger partial charge in [0.15, 0.2) is 5.82 Å². The number of thiophene rings is 1. The summed E-state index contributed by atoms with van der Waals surface area (Å²) in [6.45, 7) is 2.34. The van der Waals surface area contributed by atoms with E-state index in [9.17, 15) is 4.79 Å². The van der Waals surface area contributed by atoms with Crippen LogP contribution in [0.15, 0.2) is 57.3 Å². The van der Waals surface area contributed by atoms with E-state index >= 15 is 0 Å². The average molecular weight is 337 g/mol. The van der Waals surface area contributed by atoms with Crippen LogP contribution in [0.2, 0.25) is 0 Å². The summed E-state index contributed by atoms with van der Waals surface area (Å²) in [7, 11) is 0. The number of benzene rings is 1. The number of fused-ring (bicyclic) bond motifs is 1. The van der Waals surface area contributed by atoms with Crippen molar-refractivity contribution < 1.29 is 4.52 Å². The Morgan fingerprint density at radius 1 is 1.21 bits per heavy atom. The second-order valence-electron chi connectivity index (χ2n) is 5.65. The molecule has 0 N–H and O–H groups in total. The molecule has 5 nitrogen and oxygen atoms in total. The van der Waals surface area contributed by atoms with Crippen molar-refractivity contribution in [3.8, 4) is 0 Å². The first-order valence-corrected chi connectivity index (χ1v) is 8.51. The number of rotatable bonds is 4. The SMILES string of the molecule is Cc1ccccc1Cc1noc(Cn2ccc3sccc3c2=O)n1. The summed E-state index contributed by atoms with van der Waals surface area (Å²) in [5.41, 5.74) is 2.33. The van der Waals surface area contributed by atoms with Gasteiger partial charge in [-0.1, -0.05) is 29.4 Å². The van der Waals surface area contributed by atoms with Crippen LogP contribution in [0.3, 0.4) is 0 Å². The Balaban J connectivity index is 1.57. The highest BCUT2D eigenvalue weighted by Crippen LogP contribution is 2.17. The van der Waals surface area contributed by atoms with Crippen LogP contribution in [0.5, 0.6) is 0 Å². The zero-order valence-electron chi connectivity index (χ0n) is 13.1. The van der Waals surface area contributed by atoms with Crippen molar-refractivity contribution in [3.05, 3.63) is 81.2 Å². The molecule has 120 valence electrons. The third-order valence-electron chi connectivity index (χ3n) is 4.02. The van der Waals surface area contributed by atoms with Crippen molar-refractivity contribution in [2.75, 3.05) is 0 Å². The Kier molecular flexibility index (Phi) is 3.74. The summed E-state index contributed by atoms with van der Waals surface area (Å²) < 4.78 is 7.90. The second-order valence-corrected chi connectivity index (χ2v) is 6.60. The Morgan fingerprint density at radius 2 is 2.08 bits per heavy atom. The van der Waals surface area contributed by atoms with Crippen LogP contribution in [0, 0.1) is 6.92 Å². The molecule has 4 rings (SSSR count). The molecule has 0 spiro atoms. The molecular formula is C18H15N3O2S. The van der Waals surface area contributed by atoms with Gasteiger partial charge >= 0.3 is 0 Å². The number of aryl methyl sites for hydroxylation is 1. The summed E-state index contributed by atoms with van der Waals surface area (Å²) in [5, 5.41) is 6.68. The molecule has 0 amide bonds. The van der Waals surface area contributed by atoms with Gasteiger partial charge in [0.2, 0.25) is 5.89 Å². The molecule has 0 atom stereocenters. The zero-order chi connectivity index (χ0) is 16.5. The van der Waals surface area contributed by atoms with Crippen LogP contribution in [-0.4, -0.2) is 14.7 Å². The molecule has 0 aliphatic rings. The Morgan fingerprint density at radius 3 is 2.96 bits per heavy atom. The fourth-order valence-electron chi connectivity index (χ4n) is 2.68. The maximum atomic E-state index is 12.4. The Hall–Kier alpha value is -2.73. The number of pyridine rings is 1. The van der Waals surface area contributed by atoms with Crippen LogP contribution in [0.25, 0.3) is 10.1 Å². The molecule has 0 saturated carbocycles. The van der Waals surface area contributed by atoms with E-state index in [-0.39, 0.29) is 12.1 Å². The van der Waals surface area contributed by atoms with Gasteiger partial charge in [-0.05, 0) is 35.6 Å². The van der Waals surface area contributed by atoms with Crippen molar-refractivity contribution >= 4 is 21.4 Å². The summed E-state index contributed by atoms with van der Waals surface area (Å²) >= 11 is 1.56. The van der Waals surface area contributed by atoms with Crippen LogP contribution in [0.4, 0.5) is 0 Å². The lowest BCUT2D eigenvalue weighted by molar-refractivity contribution is 0.365. The molecule has 1 aromatic carbocycles. The summed E-state index contributed by atoms with van der Waals surface area (Å²) in [6.07, 6.45) is 2.39. The third-order valence-corrected chi connectivity index (χ3v) is 4.90. The molecular weight excluding hydrogens is 322 g/mol. The van der Waals surface area contributed by atoms with Gasteiger partial charge in [-0.15, -0.1) is 11.3 Å². The monoisotopic (exact) mass is 337 g/mol. The molecule has 0 unspecified atom stereocenters. The molecule has 3 aromatic heterocycles. The van der Waals surface area contributed by atoms with E-state index in [4.69, 9.17) is 4.52 Å². The van der Waals surface area contributed by atoms with Crippen molar-refractivity contribution in [1.82, 2.24) is 14.7 Å². The number of hydrogen-bond acceptors (Lipinski definition) is 5. The van der Waals surface area contributed by atoms with Crippen molar-refractivity contribution in [3.63, 3.8) is 0 Å². The van der Waals surface area contributed by atoms with E-state index in [1.165, 1.54) is 11.1 Å². The Labute approximate surface area is 142 Å². The Bertz CT molecular complexity index is 1060. The average Bonchev–Trinajstić information content (AvgIpc) is 3.22. The lowest BCUT2D eigenvalue weighted by Gasteiger charge is -2.02. The van der Waals surface area contributed by atoms with Gasteiger partial charge in [-0.25, -0.2) is 0 Å². The normalized spacial score (nSPS) is 11.2. The topological polar surface area (TPSA) is 60.9 Å². The first-order chi connectivity index (χ1) is 11.7. The highest BCUT2D eigenvalue weighted by Gasteiger charge is 2.11. The van der Waals surface area contributed by atoms with E-state index in [1.54, 1.807) is 22.1 Å². The summed E-state index contributed by atoms with van der Waals surface area (Å²) in [5.74, 6) is 1.07. The second kappa shape index (κ2) is 6.05. The minimum atomic E-state index is -0.0348. The van der Waals surface area contributed by atoms with E-state index in [1.807, 2.05) is 29.6 Å². The largest absolute Gasteiger partial charge is 0.337 e. The van der Waals surface area contributed by atoms with Gasteiger partial charge in [0.1, 0.15) is 6.54 Å². The van der Waals surface area contributed by atoms with Gasteiger partial charge in [0, 0.05) is 17.3 Å². The standard InChI is InChI=1S/C18H15N3O2S/c1-12-4-2-3-5-13(12)10-16-19-17(23-20-16)11-21-8-6-15-14(18(21)22)7-9-24-15/h2-9H,10-11H2,1H3. The molecule has 24 heavy (non-hydrogen) atoms. The van der Waals surface area contributed by atoms with E-state index in [0.29, 0.717) is 18.1 Å². The number of nitrogens with zero attached hydrogens (tertiary/aromatic N) is 3. The van der Waals surface area contributed by atoms with Crippen molar-refractivity contribution in [2.45, 2.75) is 19.9 Å². The van der Waals surface area contributed by atoms with Crippen LogP contribution in [0.1, 0.15) is 22.8 Å². The molecule has 0 saturated heterocycles. The van der Waals surface area contributed by atoms with E-state index in [0.717, 1.165) is 10.1 Å². The van der Waals surface area contributed by atoms with Crippen LogP contribution >= 0.6 is 11.3 Å². The molecule has 0 radical (unpaired) electrons. The molecule has 0 aliphatic carbocycles. The molecule has 4 aromatic rings. The molecule has 0 bridgehead atoms. The number of aromatic nitrogens is 3. The highest BCUT2D eigenvalue weighted by molar-refractivity contribution is 7.17. The predicted molar refractivity (Wildman–Crippen MR) is 93.5 cm³/mol. The number of hydrogen-bond donors (Lipinski definition) is 0. The molecule has 0 fully saturated rings. The molecule has 0 aliphatic heterocycles. The fourth-order valence-corrected chi connectivity index (χ4v) is 3.45. The van der Waals surface area contributed by atoms with Gasteiger partial charge in [-0.3, -0.25) is 4.79 Å². The van der Waals surface area contributed by atoms with Gasteiger partial charge < -0.3 is 9.09 Å². The predicted octanol–water partition coefficient (Wildman–Crippen LogP) is 3.39. The molecule has 3 heterocycles. The van der Waals surface area contributed by atoms with Crippen molar-refractivity contribution in [1.29, 1.82) is 0 Å². The summed E-state index contributed by atoms with van der Waals surface area (Å²) in [6, 6.07) is 11.9. The fraction of sp³-hybridized carbons (Fsp3) is 0.167. The first kappa shape index (κ1) is 14.8. The minimum Gasteiger partial charge on any atom is -0.337 e. The minimum absolute atomic E-state index is 0.0348. The first-order valence-electron chi connectivity index (χ1n) is 7.63. The lowest BCUT2D eigenvalue weighted by atomic mass is 10.1. The van der Waals surface area contributed by atoms with Crippen LogP contribution in [-0.2, 0) is 13.0 Å². The lowest BCUT2D eigenvalue weighted by Crippen LogP contribution is -2.19. The van der Waals surface area contributed by atoms with Gasteiger partial charge in [0.25, 0.3) is 5.56 Å². The maximum absolute atomic E-state index is 12.4. The van der Waals surface area contributed by atoms with Crippen molar-refractivity contribution in [2.24, 2.45) is 0 Å². The summed E-state index contributed by atoms with van der Waals surface area (Å²) in [4.78, 5) is 16.8. The quantitative estimate of drug-likeness (QED) is 0.573. The van der Waals surface area contributed by atoms with E-state index < -0.39 is 0 Å². The third kappa shape index (κ3) is 2.76. The highest BCUT2D eigenvalue weighted by atomic mass is 32.1. The van der Waals surface area contributed by atoms with Gasteiger partial charge in [-0.2, -0.15) is 4.98 Å².